The molecule has 2 aliphatic heterocycles. The number of fused-ring (bicyclic) bond motifs is 1. The predicted octanol–water partition coefficient (Wildman–Crippen LogP) is 6.31. The molecule has 1 atom stereocenters. The van der Waals surface area contributed by atoms with E-state index in [2.05, 4.69) is 28.4 Å². The van der Waals surface area contributed by atoms with Crippen LogP contribution in [0.25, 0.3) is 0 Å². The predicted molar refractivity (Wildman–Crippen MR) is 155 cm³/mol. The molecule has 0 aromatic heterocycles. The van der Waals surface area contributed by atoms with Crippen molar-refractivity contribution in [3.8, 4) is 0 Å². The zero-order valence-electron chi connectivity index (χ0n) is 23.2. The van der Waals surface area contributed by atoms with E-state index >= 15 is 0 Å². The molecule has 2 heterocycles. The zero-order valence-corrected chi connectivity index (χ0v) is 23.2. The van der Waals surface area contributed by atoms with Crippen LogP contribution in [0.2, 0.25) is 0 Å². The van der Waals surface area contributed by atoms with Crippen LogP contribution in [0.1, 0.15) is 53.2 Å². The van der Waals surface area contributed by atoms with Crippen LogP contribution in [0.4, 0.5) is 14.9 Å². The summed E-state index contributed by atoms with van der Waals surface area (Å²) in [7, 11) is 0. The van der Waals surface area contributed by atoms with Crippen molar-refractivity contribution in [2.75, 3.05) is 31.6 Å². The zero-order chi connectivity index (χ0) is 27.9. The summed E-state index contributed by atoms with van der Waals surface area (Å²) in [4.78, 5) is 30.2. The number of likely N-dealkylation sites (tertiary alicyclic amines) is 1. The molecule has 0 saturated carbocycles. The van der Waals surface area contributed by atoms with E-state index in [0.717, 1.165) is 51.7 Å². The Hall–Kier alpha value is -3.71. The number of carbonyl (C=O) groups excluding carboxylic acids is 2. The second-order valence-electron chi connectivity index (χ2n) is 10.9. The molecule has 1 unspecified atom stereocenters. The van der Waals surface area contributed by atoms with E-state index in [1.165, 1.54) is 16.7 Å². The molecule has 2 amide bonds. The van der Waals surface area contributed by atoms with Crippen molar-refractivity contribution in [2.24, 2.45) is 5.92 Å². The number of urea groups is 1. The Kier molecular flexibility index (Phi) is 9.12. The summed E-state index contributed by atoms with van der Waals surface area (Å²) in [6.45, 7) is 5.66. The number of rotatable bonds is 8. The first-order valence-corrected chi connectivity index (χ1v) is 14.4. The fraction of sp³-hybridized carbons (Fsp3) is 0.394. The lowest BCUT2D eigenvalue weighted by molar-refractivity contribution is 0.0526. The van der Waals surface area contributed by atoms with Gasteiger partial charge in [-0.2, -0.15) is 0 Å². The van der Waals surface area contributed by atoms with E-state index in [1.54, 1.807) is 43.3 Å². The van der Waals surface area contributed by atoms with E-state index in [9.17, 15) is 14.0 Å². The minimum absolute atomic E-state index is 0.0834. The molecule has 5 rings (SSSR count). The molecule has 3 aromatic rings. The van der Waals surface area contributed by atoms with Gasteiger partial charge in [-0.1, -0.05) is 42.5 Å². The molecule has 2 aliphatic rings. The molecule has 0 aliphatic carbocycles. The average molecular weight is 544 g/mol. The van der Waals surface area contributed by atoms with Gasteiger partial charge in [0.15, 0.2) is 0 Å². The van der Waals surface area contributed by atoms with Crippen molar-refractivity contribution in [1.82, 2.24) is 9.80 Å². The highest BCUT2D eigenvalue weighted by Crippen LogP contribution is 2.28. The molecule has 3 aromatic carbocycles. The summed E-state index contributed by atoms with van der Waals surface area (Å²) in [6, 6.07) is 22.1. The number of nitrogens with one attached hydrogen (secondary N) is 1. The molecule has 0 spiro atoms. The van der Waals surface area contributed by atoms with E-state index < -0.39 is 5.97 Å². The van der Waals surface area contributed by atoms with Gasteiger partial charge in [0.1, 0.15) is 5.82 Å². The van der Waals surface area contributed by atoms with Gasteiger partial charge in [-0.15, -0.1) is 0 Å². The minimum atomic E-state index is -0.398. The van der Waals surface area contributed by atoms with Crippen LogP contribution < -0.4 is 5.32 Å². The number of halogens is 1. The van der Waals surface area contributed by atoms with Crippen molar-refractivity contribution >= 4 is 17.7 Å². The lowest BCUT2D eigenvalue weighted by Crippen LogP contribution is -2.48. The molecule has 0 radical (unpaired) electrons. The molecule has 7 heteroatoms. The van der Waals surface area contributed by atoms with Crippen molar-refractivity contribution < 1.29 is 18.7 Å². The molecule has 210 valence electrons. The number of piperidine rings is 1. The summed E-state index contributed by atoms with van der Waals surface area (Å²) < 4.78 is 18.4. The molecule has 1 saturated heterocycles. The van der Waals surface area contributed by atoms with Gasteiger partial charge < -0.3 is 19.9 Å². The lowest BCUT2D eigenvalue weighted by Gasteiger charge is -2.39. The van der Waals surface area contributed by atoms with Gasteiger partial charge >= 0.3 is 12.0 Å². The third kappa shape index (κ3) is 7.07. The number of ether oxygens (including phenoxy) is 1. The summed E-state index contributed by atoms with van der Waals surface area (Å²) in [6.07, 6.45) is 4.98. The van der Waals surface area contributed by atoms with Gasteiger partial charge in [0.05, 0.1) is 12.2 Å². The number of esters is 1. The second kappa shape index (κ2) is 13.1. The summed E-state index contributed by atoms with van der Waals surface area (Å²) in [5, 5.41) is 3.02. The van der Waals surface area contributed by atoms with Gasteiger partial charge in [0.2, 0.25) is 0 Å². The fourth-order valence-corrected chi connectivity index (χ4v) is 5.92. The van der Waals surface area contributed by atoms with Crippen LogP contribution in [0, 0.1) is 11.7 Å². The number of anilines is 1. The Balaban J connectivity index is 1.19. The molecule has 40 heavy (non-hydrogen) atoms. The topological polar surface area (TPSA) is 61.9 Å². The summed E-state index contributed by atoms with van der Waals surface area (Å²) >= 11 is 0. The first-order chi connectivity index (χ1) is 19.5. The van der Waals surface area contributed by atoms with E-state index in [-0.39, 0.29) is 17.9 Å². The van der Waals surface area contributed by atoms with Crippen molar-refractivity contribution in [3.63, 3.8) is 0 Å². The van der Waals surface area contributed by atoms with E-state index in [4.69, 9.17) is 4.74 Å². The van der Waals surface area contributed by atoms with E-state index in [1.807, 2.05) is 23.1 Å². The minimum Gasteiger partial charge on any atom is -0.462 e. The maximum atomic E-state index is 13.5. The van der Waals surface area contributed by atoms with Gasteiger partial charge in [-0.25, -0.2) is 14.0 Å². The monoisotopic (exact) mass is 543 g/mol. The second-order valence-corrected chi connectivity index (χ2v) is 10.9. The number of amides is 2. The third-order valence-corrected chi connectivity index (χ3v) is 8.16. The van der Waals surface area contributed by atoms with Gasteiger partial charge in [-0.05, 0) is 105 Å². The Labute approximate surface area is 236 Å². The summed E-state index contributed by atoms with van der Waals surface area (Å²) in [5.41, 5.74) is 4.68. The number of benzene rings is 3. The maximum Gasteiger partial charge on any atom is 0.338 e. The highest BCUT2D eigenvalue weighted by molar-refractivity contribution is 5.94. The molecular weight excluding hydrogens is 505 g/mol. The van der Waals surface area contributed by atoms with Crippen molar-refractivity contribution in [3.05, 3.63) is 101 Å². The molecule has 1 fully saturated rings. The number of hydrogen-bond acceptors (Lipinski definition) is 4. The Morgan fingerprint density at radius 1 is 0.975 bits per heavy atom. The normalized spacial score (nSPS) is 17.8. The largest absolute Gasteiger partial charge is 0.462 e. The van der Waals surface area contributed by atoms with Gasteiger partial charge in [0, 0.05) is 24.8 Å². The van der Waals surface area contributed by atoms with Crippen LogP contribution in [-0.4, -0.2) is 54.1 Å². The van der Waals surface area contributed by atoms with Crippen molar-refractivity contribution in [2.45, 2.75) is 51.6 Å². The molecule has 6 nitrogen and oxygen atoms in total. The van der Waals surface area contributed by atoms with Crippen LogP contribution >= 0.6 is 0 Å². The summed E-state index contributed by atoms with van der Waals surface area (Å²) in [5.74, 6) is 0.0394. The first-order valence-electron chi connectivity index (χ1n) is 14.4. The van der Waals surface area contributed by atoms with Crippen molar-refractivity contribution in [1.29, 1.82) is 0 Å². The van der Waals surface area contributed by atoms with E-state index in [0.29, 0.717) is 30.3 Å². The maximum absolute atomic E-state index is 13.5. The molecule has 0 bridgehead atoms. The SMILES string of the molecule is CCOC(=O)c1cccc(NC(=O)N2Cc3ccccc3CC2CCN2CCC(Cc3ccc(F)cc3)CC2)c1. The quantitative estimate of drug-likeness (QED) is 0.339. The Morgan fingerprint density at radius 2 is 1.73 bits per heavy atom. The smallest absolute Gasteiger partial charge is 0.338 e. The lowest BCUT2D eigenvalue weighted by atomic mass is 9.89. The number of nitrogens with zero attached hydrogens (tertiary/aromatic N) is 2. The van der Waals surface area contributed by atoms with Gasteiger partial charge in [-0.3, -0.25) is 0 Å². The molecule has 1 N–H and O–H groups in total. The average Bonchev–Trinajstić information content (AvgIpc) is 2.97. The Bertz CT molecular complexity index is 1300. The van der Waals surface area contributed by atoms with Crippen LogP contribution in [0.15, 0.2) is 72.8 Å². The Morgan fingerprint density at radius 3 is 2.48 bits per heavy atom. The molecular formula is C33H38FN3O3. The first kappa shape index (κ1) is 27.8. The van der Waals surface area contributed by atoms with Gasteiger partial charge in [0.25, 0.3) is 0 Å². The third-order valence-electron chi connectivity index (χ3n) is 8.16. The highest BCUT2D eigenvalue weighted by Gasteiger charge is 2.30. The van der Waals surface area contributed by atoms with Crippen LogP contribution in [-0.2, 0) is 24.1 Å². The number of hydrogen-bond donors (Lipinski definition) is 1. The van der Waals surface area contributed by atoms with Crippen LogP contribution in [0.3, 0.4) is 0 Å². The standard InChI is InChI=1S/C33H38FN3O3/c1-2-40-32(38)27-8-5-9-30(21-27)35-33(39)37-23-28-7-4-3-6-26(28)22-31(37)16-19-36-17-14-25(15-18-36)20-24-10-12-29(34)13-11-24/h3-13,21,25,31H,2,14-20,22-23H2,1H3,(H,35,39). The highest BCUT2D eigenvalue weighted by atomic mass is 19.1. The van der Waals surface area contributed by atoms with Crippen LogP contribution in [0.5, 0.6) is 0 Å². The fourth-order valence-electron chi connectivity index (χ4n) is 5.92. The number of carbonyl (C=O) groups is 2.